The predicted octanol–water partition coefficient (Wildman–Crippen LogP) is 3.95. The van der Waals surface area contributed by atoms with Gasteiger partial charge in [0.15, 0.2) is 23.5 Å². The van der Waals surface area contributed by atoms with Crippen LogP contribution in [0.2, 0.25) is 0 Å². The van der Waals surface area contributed by atoms with Gasteiger partial charge in [0.05, 0.1) is 42.6 Å². The molecular weight excluding hydrogens is 682 g/mol. The van der Waals surface area contributed by atoms with E-state index in [0.29, 0.717) is 38.2 Å². The Kier molecular flexibility index (Phi) is 11.2. The van der Waals surface area contributed by atoms with Gasteiger partial charge in [0.1, 0.15) is 0 Å². The molecule has 2 fully saturated rings. The summed E-state index contributed by atoms with van der Waals surface area (Å²) in [6.07, 6.45) is 0.0188. The van der Waals surface area contributed by atoms with Crippen LogP contribution in [0, 0.1) is 11.3 Å². The summed E-state index contributed by atoms with van der Waals surface area (Å²) < 4.78 is 57.7. The number of sulfonamides is 1. The topological polar surface area (TPSA) is 177 Å². The van der Waals surface area contributed by atoms with Crippen LogP contribution < -0.4 is 14.8 Å². The molecular formula is C36H45N3O11S. The van der Waals surface area contributed by atoms with Crippen LogP contribution in [0.5, 0.6) is 11.5 Å². The minimum Gasteiger partial charge on any atom is -0.465 e. The van der Waals surface area contributed by atoms with Crippen molar-refractivity contribution in [2.24, 2.45) is 11.3 Å². The van der Waals surface area contributed by atoms with Gasteiger partial charge >= 0.3 is 6.09 Å². The van der Waals surface area contributed by atoms with Crippen LogP contribution in [0.3, 0.4) is 0 Å². The Morgan fingerprint density at radius 2 is 1.82 bits per heavy atom. The number of carbonyl (C=O) groups excluding carboxylic acids is 1. The van der Waals surface area contributed by atoms with E-state index in [-0.39, 0.29) is 54.6 Å². The summed E-state index contributed by atoms with van der Waals surface area (Å²) in [6, 6.07) is 15.2. The van der Waals surface area contributed by atoms with E-state index in [2.05, 4.69) is 5.32 Å². The van der Waals surface area contributed by atoms with Crippen LogP contribution in [0.15, 0.2) is 76.2 Å². The van der Waals surface area contributed by atoms with Gasteiger partial charge in [-0.25, -0.2) is 13.2 Å². The van der Waals surface area contributed by atoms with Crippen molar-refractivity contribution >= 4 is 22.0 Å². The molecule has 0 saturated carbocycles. The van der Waals surface area contributed by atoms with Gasteiger partial charge in [-0.1, -0.05) is 44.2 Å². The first-order chi connectivity index (χ1) is 24.4. The number of fused-ring (bicyclic) bond motifs is 2. The van der Waals surface area contributed by atoms with Crippen molar-refractivity contribution in [2.75, 3.05) is 39.6 Å². The van der Waals surface area contributed by atoms with Gasteiger partial charge in [-0.3, -0.25) is 9.69 Å². The highest BCUT2D eigenvalue weighted by molar-refractivity contribution is 7.89. The molecule has 0 radical (unpaired) electrons. The number of aliphatic hydroxyl groups excluding tert-OH is 1. The molecule has 0 bridgehead atoms. The van der Waals surface area contributed by atoms with Gasteiger partial charge in [-0.15, -0.1) is 0 Å². The van der Waals surface area contributed by atoms with Crippen molar-refractivity contribution in [3.8, 4) is 11.5 Å². The average Bonchev–Trinajstić information content (AvgIpc) is 3.93. The first-order valence-corrected chi connectivity index (χ1v) is 18.5. The maximum absolute atomic E-state index is 14.5. The van der Waals surface area contributed by atoms with Gasteiger partial charge in [-0.05, 0) is 60.9 Å². The minimum absolute atomic E-state index is 0.0107. The number of benzene rings is 2. The molecule has 3 aliphatic heterocycles. The van der Waals surface area contributed by atoms with E-state index < -0.39 is 52.6 Å². The molecule has 276 valence electrons. The molecule has 0 unspecified atom stereocenters. The van der Waals surface area contributed by atoms with Crippen LogP contribution in [-0.2, 0) is 25.9 Å². The van der Waals surface area contributed by atoms with Crippen molar-refractivity contribution in [3.63, 3.8) is 0 Å². The third-order valence-electron chi connectivity index (χ3n) is 9.71. The molecule has 6 rings (SSSR count). The van der Waals surface area contributed by atoms with Gasteiger partial charge in [-0.2, -0.15) is 4.31 Å². The molecule has 3 N–H and O–H groups in total. The van der Waals surface area contributed by atoms with Gasteiger partial charge in [0, 0.05) is 31.6 Å². The summed E-state index contributed by atoms with van der Waals surface area (Å²) in [5.74, 6) is 0.350. The number of aliphatic hydroxyl groups is 1. The first kappa shape index (κ1) is 36.6. The Morgan fingerprint density at radius 1 is 1.04 bits per heavy atom. The van der Waals surface area contributed by atoms with Crippen molar-refractivity contribution in [2.45, 2.75) is 68.9 Å². The summed E-state index contributed by atoms with van der Waals surface area (Å²) in [7, 11) is -4.27. The van der Waals surface area contributed by atoms with Crippen molar-refractivity contribution in [3.05, 3.63) is 78.3 Å². The summed E-state index contributed by atoms with van der Waals surface area (Å²) in [5, 5.41) is 25.6. The molecule has 5 atom stereocenters. The third kappa shape index (κ3) is 8.50. The number of nitrogens with zero attached hydrogens (tertiary/aromatic N) is 2. The van der Waals surface area contributed by atoms with Gasteiger partial charge < -0.3 is 38.9 Å². The standard InChI is InChI=1S/C36H45N3O11S/c1-36(2,14-7-15-37-33(41)31-10-6-16-46-31)22-38(51(44,45)25-11-12-30-32(19-25)50-23-49-30)20-29(40)27(18-24-8-4-3-5-9-24)39(35(42)43)28-21-48-34-26(28)13-17-47-34/h3-6,8-12,16,19,26-29,34,40H,7,13-15,17-18,20-23H2,1-2H3,(H,37,41)(H,42,43)/t26-,27-,28-,29+,34+/m0/s1. The molecule has 51 heavy (non-hydrogen) atoms. The smallest absolute Gasteiger partial charge is 0.407 e. The molecule has 1 aromatic heterocycles. The predicted molar refractivity (Wildman–Crippen MR) is 183 cm³/mol. The summed E-state index contributed by atoms with van der Waals surface area (Å²) in [4.78, 5) is 26.6. The third-order valence-corrected chi connectivity index (χ3v) is 11.5. The summed E-state index contributed by atoms with van der Waals surface area (Å²) >= 11 is 0. The number of carboxylic acid groups (broad SMARTS) is 1. The Labute approximate surface area is 297 Å². The zero-order valence-corrected chi connectivity index (χ0v) is 29.5. The minimum atomic E-state index is -4.27. The number of carbonyl (C=O) groups is 2. The lowest BCUT2D eigenvalue weighted by atomic mass is 9.87. The lowest BCUT2D eigenvalue weighted by molar-refractivity contribution is -0.0906. The second kappa shape index (κ2) is 15.6. The zero-order valence-electron chi connectivity index (χ0n) is 28.7. The van der Waals surface area contributed by atoms with Crippen molar-refractivity contribution in [1.29, 1.82) is 0 Å². The van der Waals surface area contributed by atoms with Crippen molar-refractivity contribution in [1.82, 2.24) is 14.5 Å². The fraction of sp³-hybridized carbons (Fsp3) is 0.500. The Hall–Kier alpha value is -4.15. The normalized spacial score (nSPS) is 21.0. The first-order valence-electron chi connectivity index (χ1n) is 17.1. The Morgan fingerprint density at radius 3 is 2.57 bits per heavy atom. The molecule has 0 spiro atoms. The van der Waals surface area contributed by atoms with E-state index in [9.17, 15) is 28.2 Å². The van der Waals surface area contributed by atoms with Crippen LogP contribution in [0.25, 0.3) is 0 Å². The van der Waals surface area contributed by atoms with E-state index in [1.807, 2.05) is 44.2 Å². The maximum Gasteiger partial charge on any atom is 0.407 e. The lowest BCUT2D eigenvalue weighted by Gasteiger charge is -2.40. The van der Waals surface area contributed by atoms with Crippen molar-refractivity contribution < 1.29 is 51.6 Å². The molecule has 3 aromatic rings. The number of amides is 2. The number of hydrogen-bond acceptors (Lipinski definition) is 10. The molecule has 4 heterocycles. The van der Waals surface area contributed by atoms with Crippen LogP contribution >= 0.6 is 0 Å². The van der Waals surface area contributed by atoms with E-state index in [0.717, 1.165) is 5.56 Å². The molecule has 14 nitrogen and oxygen atoms in total. The Bertz CT molecular complexity index is 1750. The second-order valence-corrected chi connectivity index (χ2v) is 15.9. The van der Waals surface area contributed by atoms with Crippen LogP contribution in [0.1, 0.15) is 49.2 Å². The quantitative estimate of drug-likeness (QED) is 0.182. The summed E-state index contributed by atoms with van der Waals surface area (Å²) in [6.45, 7) is 4.26. The number of furan rings is 1. The largest absolute Gasteiger partial charge is 0.465 e. The number of rotatable bonds is 16. The van der Waals surface area contributed by atoms with E-state index >= 15 is 0 Å². The SMILES string of the molecule is CC(C)(CCCNC(=O)c1ccco1)CN(C[C@@H](O)[C@H](Cc1ccccc1)N(C(=O)O)[C@H]1CO[C@H]2OCC[C@H]21)S(=O)(=O)c1ccc2c(c1)OCO2. The molecule has 0 aliphatic carbocycles. The van der Waals surface area contributed by atoms with Gasteiger partial charge in [0.25, 0.3) is 5.91 Å². The number of hydrogen-bond donors (Lipinski definition) is 3. The number of ether oxygens (including phenoxy) is 4. The molecule has 2 amide bonds. The fourth-order valence-corrected chi connectivity index (χ4v) is 8.78. The molecule has 3 aliphatic rings. The fourth-order valence-electron chi connectivity index (χ4n) is 7.12. The zero-order chi connectivity index (χ0) is 36.2. The average molecular weight is 728 g/mol. The second-order valence-electron chi connectivity index (χ2n) is 13.9. The van der Waals surface area contributed by atoms with Gasteiger partial charge in [0.2, 0.25) is 16.8 Å². The highest BCUT2D eigenvalue weighted by atomic mass is 32.2. The monoisotopic (exact) mass is 727 g/mol. The van der Waals surface area contributed by atoms with E-state index in [4.69, 9.17) is 23.4 Å². The highest BCUT2D eigenvalue weighted by Gasteiger charge is 2.49. The van der Waals surface area contributed by atoms with E-state index in [1.54, 1.807) is 12.1 Å². The molecule has 15 heteroatoms. The number of nitrogens with one attached hydrogen (secondary N) is 1. The molecule has 2 saturated heterocycles. The van der Waals surface area contributed by atoms with Crippen LogP contribution in [0.4, 0.5) is 4.79 Å². The maximum atomic E-state index is 14.5. The molecule has 2 aromatic carbocycles. The van der Waals surface area contributed by atoms with E-state index in [1.165, 1.54) is 33.7 Å². The highest BCUT2D eigenvalue weighted by Crippen LogP contribution is 2.38. The van der Waals surface area contributed by atoms with Crippen LogP contribution in [-0.4, -0.2) is 104 Å². The lowest BCUT2D eigenvalue weighted by Crippen LogP contribution is -2.58. The Balaban J connectivity index is 1.27. The summed E-state index contributed by atoms with van der Waals surface area (Å²) in [5.41, 5.74) is 0.154.